The summed E-state index contributed by atoms with van der Waals surface area (Å²) < 4.78 is 39.2. The normalized spacial score (nSPS) is 15.8. The third-order valence-electron chi connectivity index (χ3n) is 4.37. The zero-order valence-electron chi connectivity index (χ0n) is 14.0. The van der Waals surface area contributed by atoms with Crippen molar-refractivity contribution in [3.63, 3.8) is 0 Å². The van der Waals surface area contributed by atoms with Crippen molar-refractivity contribution >= 4 is 50.6 Å². The molecule has 0 aromatic carbocycles. The molecule has 0 aliphatic carbocycles. The molecule has 0 unspecified atom stereocenters. The first kappa shape index (κ1) is 20.4. The summed E-state index contributed by atoms with van der Waals surface area (Å²) in [7, 11) is 0. The minimum Gasteiger partial charge on any atom is -0.355 e. The third kappa shape index (κ3) is 5.14. The van der Waals surface area contributed by atoms with E-state index in [2.05, 4.69) is 26.2 Å². The molecule has 4 nitrogen and oxygen atoms in total. The molecule has 3 heterocycles. The number of carbonyl (C=O) groups is 1. The maximum atomic E-state index is 12.7. The smallest absolute Gasteiger partial charge is 0.355 e. The number of pyridine rings is 1. The fourth-order valence-corrected chi connectivity index (χ4v) is 4.61. The Morgan fingerprint density at radius 2 is 2.07 bits per heavy atom. The number of alkyl halides is 3. The summed E-state index contributed by atoms with van der Waals surface area (Å²) in [6, 6.07) is 2.85. The summed E-state index contributed by atoms with van der Waals surface area (Å²) in [5.41, 5.74) is -0.870. The Kier molecular flexibility index (Phi) is 6.32. The van der Waals surface area contributed by atoms with Gasteiger partial charge in [0.05, 0.1) is 17.1 Å². The number of amides is 1. The van der Waals surface area contributed by atoms with Crippen LogP contribution in [0.5, 0.6) is 0 Å². The van der Waals surface area contributed by atoms with Crippen LogP contribution in [0.4, 0.5) is 19.0 Å². The van der Waals surface area contributed by atoms with Gasteiger partial charge in [0, 0.05) is 39.9 Å². The molecule has 0 spiro atoms. The maximum Gasteiger partial charge on any atom is 0.417 e. The average molecular weight is 483 g/mol. The van der Waals surface area contributed by atoms with Gasteiger partial charge in [-0.25, -0.2) is 4.98 Å². The van der Waals surface area contributed by atoms with Crippen LogP contribution in [-0.4, -0.2) is 24.0 Å². The molecular formula is C17H16BrClF3N3OS. The molecule has 1 aliphatic rings. The van der Waals surface area contributed by atoms with Crippen molar-refractivity contribution in [3.8, 4) is 0 Å². The topological polar surface area (TPSA) is 45.2 Å². The average Bonchev–Trinajstić information content (AvgIpc) is 3.04. The standard InChI is InChI=1S/C17H16BrClF3N3OS/c18-12-6-13(27-9-12)8-24-16(26)10-1-3-25(4-2-10)15-14(19)5-11(7-23-15)17(20,21)22/h5-7,9-10H,1-4,8H2,(H,24,26). The van der Waals surface area contributed by atoms with Gasteiger partial charge in [0.25, 0.3) is 0 Å². The number of aromatic nitrogens is 1. The van der Waals surface area contributed by atoms with Crippen molar-refractivity contribution in [2.45, 2.75) is 25.6 Å². The molecule has 1 fully saturated rings. The van der Waals surface area contributed by atoms with E-state index in [9.17, 15) is 18.0 Å². The third-order valence-corrected chi connectivity index (χ3v) is 6.35. The number of halogens is 5. The summed E-state index contributed by atoms with van der Waals surface area (Å²) >= 11 is 10.9. The minimum atomic E-state index is -4.47. The van der Waals surface area contributed by atoms with Crippen molar-refractivity contribution in [1.29, 1.82) is 0 Å². The zero-order chi connectivity index (χ0) is 19.6. The molecule has 1 N–H and O–H groups in total. The van der Waals surface area contributed by atoms with Gasteiger partial charge in [-0.3, -0.25) is 4.79 Å². The lowest BCUT2D eigenvalue weighted by atomic mass is 9.96. The molecule has 10 heteroatoms. The molecule has 27 heavy (non-hydrogen) atoms. The first-order valence-electron chi connectivity index (χ1n) is 8.22. The van der Waals surface area contributed by atoms with Crippen LogP contribution in [0, 0.1) is 5.92 Å². The van der Waals surface area contributed by atoms with Crippen LogP contribution in [0.2, 0.25) is 5.02 Å². The van der Waals surface area contributed by atoms with E-state index in [0.717, 1.165) is 21.6 Å². The van der Waals surface area contributed by atoms with Crippen molar-refractivity contribution in [3.05, 3.63) is 43.6 Å². The largest absolute Gasteiger partial charge is 0.417 e. The molecule has 1 amide bonds. The number of carbonyl (C=O) groups excluding carboxylic acids is 1. The van der Waals surface area contributed by atoms with Gasteiger partial charge >= 0.3 is 6.18 Å². The van der Waals surface area contributed by atoms with Crippen LogP contribution in [0.25, 0.3) is 0 Å². The maximum absolute atomic E-state index is 12.7. The van der Waals surface area contributed by atoms with Crippen molar-refractivity contribution in [1.82, 2.24) is 10.3 Å². The van der Waals surface area contributed by atoms with Gasteiger partial charge in [-0.1, -0.05) is 11.6 Å². The highest BCUT2D eigenvalue weighted by atomic mass is 79.9. The lowest BCUT2D eigenvalue weighted by Crippen LogP contribution is -2.40. The molecule has 1 aliphatic heterocycles. The first-order valence-corrected chi connectivity index (χ1v) is 10.3. The molecule has 146 valence electrons. The molecule has 0 saturated carbocycles. The monoisotopic (exact) mass is 481 g/mol. The summed E-state index contributed by atoms with van der Waals surface area (Å²) in [6.07, 6.45) is -2.49. The quantitative estimate of drug-likeness (QED) is 0.659. The highest BCUT2D eigenvalue weighted by Gasteiger charge is 2.33. The Morgan fingerprint density at radius 1 is 1.37 bits per heavy atom. The number of nitrogens with one attached hydrogen (secondary N) is 1. The summed E-state index contributed by atoms with van der Waals surface area (Å²) in [4.78, 5) is 19.1. The molecule has 2 aromatic heterocycles. The number of hydrogen-bond donors (Lipinski definition) is 1. The van der Waals surface area contributed by atoms with Crippen molar-refractivity contribution in [2.75, 3.05) is 18.0 Å². The molecular weight excluding hydrogens is 467 g/mol. The molecule has 0 bridgehead atoms. The van der Waals surface area contributed by atoms with Gasteiger partial charge < -0.3 is 10.2 Å². The van der Waals surface area contributed by atoms with Crippen LogP contribution in [-0.2, 0) is 17.5 Å². The number of thiophene rings is 1. The highest BCUT2D eigenvalue weighted by Crippen LogP contribution is 2.34. The predicted octanol–water partition coefficient (Wildman–Crippen LogP) is 5.11. The van der Waals surface area contributed by atoms with Crippen LogP contribution in [0.15, 0.2) is 28.2 Å². The number of piperidine rings is 1. The molecule has 3 rings (SSSR count). The van der Waals surface area contributed by atoms with E-state index in [1.54, 1.807) is 11.3 Å². The Labute approximate surface area is 171 Å². The van der Waals surface area contributed by atoms with Gasteiger partial charge in [0.15, 0.2) is 0 Å². The predicted molar refractivity (Wildman–Crippen MR) is 103 cm³/mol. The van der Waals surface area contributed by atoms with Gasteiger partial charge in [0.1, 0.15) is 5.82 Å². The lowest BCUT2D eigenvalue weighted by molar-refractivity contribution is -0.137. The fourth-order valence-electron chi connectivity index (χ4n) is 2.94. The fraction of sp³-hybridized carbons (Fsp3) is 0.412. The van der Waals surface area contributed by atoms with E-state index in [0.29, 0.717) is 38.3 Å². The second-order valence-corrected chi connectivity index (χ2v) is 8.56. The van der Waals surface area contributed by atoms with E-state index >= 15 is 0 Å². The van der Waals surface area contributed by atoms with E-state index in [1.165, 1.54) is 0 Å². The van der Waals surface area contributed by atoms with Crippen molar-refractivity contribution < 1.29 is 18.0 Å². The Morgan fingerprint density at radius 3 is 2.63 bits per heavy atom. The second kappa shape index (κ2) is 8.36. The summed E-state index contributed by atoms with van der Waals surface area (Å²) in [5.74, 6) is 0.190. The Bertz CT molecular complexity index is 822. The van der Waals surface area contributed by atoms with Crippen LogP contribution < -0.4 is 10.2 Å². The van der Waals surface area contributed by atoms with Crippen LogP contribution in [0.1, 0.15) is 23.3 Å². The summed E-state index contributed by atoms with van der Waals surface area (Å²) in [6.45, 7) is 1.52. The number of anilines is 1. The van der Waals surface area contributed by atoms with E-state index in [1.807, 2.05) is 16.3 Å². The number of rotatable bonds is 4. The van der Waals surface area contributed by atoms with Gasteiger partial charge in [-0.05, 0) is 40.9 Å². The first-order chi connectivity index (χ1) is 12.7. The van der Waals surface area contributed by atoms with Crippen LogP contribution >= 0.6 is 38.9 Å². The minimum absolute atomic E-state index is 0.00866. The number of nitrogens with zero attached hydrogens (tertiary/aromatic N) is 2. The SMILES string of the molecule is O=C(NCc1cc(Br)cs1)C1CCN(c2ncc(C(F)(F)F)cc2Cl)CC1. The highest BCUT2D eigenvalue weighted by molar-refractivity contribution is 9.10. The lowest BCUT2D eigenvalue weighted by Gasteiger charge is -2.32. The molecule has 1 saturated heterocycles. The van der Waals surface area contributed by atoms with Crippen molar-refractivity contribution in [2.24, 2.45) is 5.92 Å². The second-order valence-electron chi connectivity index (χ2n) is 6.24. The van der Waals surface area contributed by atoms with Gasteiger partial charge in [-0.15, -0.1) is 11.3 Å². The molecule has 0 radical (unpaired) electrons. The van der Waals surface area contributed by atoms with E-state index in [-0.39, 0.29) is 16.8 Å². The molecule has 2 aromatic rings. The Balaban J connectivity index is 1.54. The van der Waals surface area contributed by atoms with Gasteiger partial charge in [0.2, 0.25) is 5.91 Å². The van der Waals surface area contributed by atoms with E-state index in [4.69, 9.17) is 11.6 Å². The van der Waals surface area contributed by atoms with Gasteiger partial charge in [-0.2, -0.15) is 13.2 Å². The molecule has 0 atom stereocenters. The Hall–Kier alpha value is -1.32. The van der Waals surface area contributed by atoms with Crippen LogP contribution in [0.3, 0.4) is 0 Å². The number of hydrogen-bond acceptors (Lipinski definition) is 4. The zero-order valence-corrected chi connectivity index (χ0v) is 17.2. The van der Waals surface area contributed by atoms with E-state index < -0.39 is 11.7 Å². The summed E-state index contributed by atoms with van der Waals surface area (Å²) in [5, 5.41) is 4.87.